The van der Waals surface area contributed by atoms with Gasteiger partial charge in [0.1, 0.15) is 5.75 Å². The van der Waals surface area contributed by atoms with Crippen LogP contribution in [-0.2, 0) is 0 Å². The van der Waals surface area contributed by atoms with Crippen LogP contribution in [0.5, 0.6) is 5.75 Å². The molecule has 0 aliphatic heterocycles. The lowest BCUT2D eigenvalue weighted by Gasteiger charge is -2.20. The first-order valence-electron chi connectivity index (χ1n) is 6.13. The van der Waals surface area contributed by atoms with Crippen molar-refractivity contribution in [1.82, 2.24) is 10.6 Å². The molecule has 1 rings (SSSR count). The van der Waals surface area contributed by atoms with Crippen molar-refractivity contribution in [2.24, 2.45) is 0 Å². The summed E-state index contributed by atoms with van der Waals surface area (Å²) in [5.74, 6) is 1.48. The second kappa shape index (κ2) is 6.62. The standard InChI is InChI=1S/C14H24N2O/c1-10(2)11-6-7-14(17-5)12(8-11)13(16-4)9-15-3/h6-8,10,13,15-16H,9H2,1-5H3. The summed E-state index contributed by atoms with van der Waals surface area (Å²) in [5.41, 5.74) is 2.56. The van der Waals surface area contributed by atoms with Crippen LogP contribution in [0.3, 0.4) is 0 Å². The Morgan fingerprint density at radius 1 is 1.24 bits per heavy atom. The molecule has 0 aromatic heterocycles. The molecule has 17 heavy (non-hydrogen) atoms. The van der Waals surface area contributed by atoms with Gasteiger partial charge in [-0.05, 0) is 31.6 Å². The van der Waals surface area contributed by atoms with Crippen LogP contribution in [0.25, 0.3) is 0 Å². The fraction of sp³-hybridized carbons (Fsp3) is 0.571. The van der Waals surface area contributed by atoms with Gasteiger partial charge in [0.2, 0.25) is 0 Å². The summed E-state index contributed by atoms with van der Waals surface area (Å²) in [5, 5.41) is 6.52. The average molecular weight is 236 g/mol. The minimum absolute atomic E-state index is 0.272. The summed E-state index contributed by atoms with van der Waals surface area (Å²) < 4.78 is 5.44. The smallest absolute Gasteiger partial charge is 0.123 e. The Morgan fingerprint density at radius 2 is 1.94 bits per heavy atom. The van der Waals surface area contributed by atoms with Gasteiger partial charge >= 0.3 is 0 Å². The Balaban J connectivity index is 3.11. The van der Waals surface area contributed by atoms with Crippen LogP contribution in [0.1, 0.15) is 36.9 Å². The number of likely N-dealkylation sites (N-methyl/N-ethyl adjacent to an activating group) is 2. The van der Waals surface area contributed by atoms with Crippen molar-refractivity contribution in [1.29, 1.82) is 0 Å². The minimum Gasteiger partial charge on any atom is -0.496 e. The number of ether oxygens (including phenoxy) is 1. The maximum absolute atomic E-state index is 5.44. The number of methoxy groups -OCH3 is 1. The van der Waals surface area contributed by atoms with E-state index in [9.17, 15) is 0 Å². The van der Waals surface area contributed by atoms with E-state index in [4.69, 9.17) is 4.74 Å². The number of rotatable bonds is 6. The highest BCUT2D eigenvalue weighted by atomic mass is 16.5. The van der Waals surface area contributed by atoms with Gasteiger partial charge in [-0.2, -0.15) is 0 Å². The maximum Gasteiger partial charge on any atom is 0.123 e. The monoisotopic (exact) mass is 236 g/mol. The normalized spacial score (nSPS) is 12.8. The molecule has 1 aromatic carbocycles. The molecule has 0 saturated heterocycles. The van der Waals surface area contributed by atoms with Gasteiger partial charge in [0.25, 0.3) is 0 Å². The fourth-order valence-corrected chi connectivity index (χ4v) is 1.96. The average Bonchev–Trinajstić information content (AvgIpc) is 2.35. The van der Waals surface area contributed by atoms with Gasteiger partial charge in [-0.25, -0.2) is 0 Å². The summed E-state index contributed by atoms with van der Waals surface area (Å²) in [4.78, 5) is 0. The Bertz CT molecular complexity index is 350. The van der Waals surface area contributed by atoms with Gasteiger partial charge in [-0.15, -0.1) is 0 Å². The molecule has 0 aliphatic carbocycles. The Morgan fingerprint density at radius 3 is 2.41 bits per heavy atom. The number of hydrogen-bond acceptors (Lipinski definition) is 3. The molecule has 0 bridgehead atoms. The van der Waals surface area contributed by atoms with Crippen molar-refractivity contribution in [3.8, 4) is 5.75 Å². The SMILES string of the molecule is CNCC(NC)c1cc(C(C)C)ccc1OC. The molecule has 0 radical (unpaired) electrons. The lowest BCUT2D eigenvalue weighted by Crippen LogP contribution is -2.27. The van der Waals surface area contributed by atoms with Crippen LogP contribution in [0.2, 0.25) is 0 Å². The second-order valence-corrected chi connectivity index (χ2v) is 4.56. The molecular weight excluding hydrogens is 212 g/mol. The van der Waals surface area contributed by atoms with Crippen LogP contribution in [0, 0.1) is 0 Å². The second-order valence-electron chi connectivity index (χ2n) is 4.56. The van der Waals surface area contributed by atoms with E-state index in [-0.39, 0.29) is 6.04 Å². The van der Waals surface area contributed by atoms with Crippen molar-refractivity contribution >= 4 is 0 Å². The molecule has 96 valence electrons. The van der Waals surface area contributed by atoms with Gasteiger partial charge in [0.15, 0.2) is 0 Å². The topological polar surface area (TPSA) is 33.3 Å². The first kappa shape index (κ1) is 14.0. The van der Waals surface area contributed by atoms with Crippen LogP contribution in [-0.4, -0.2) is 27.7 Å². The summed E-state index contributed by atoms with van der Waals surface area (Å²) in [6.45, 7) is 5.30. The number of hydrogen-bond donors (Lipinski definition) is 2. The van der Waals surface area contributed by atoms with Gasteiger partial charge in [-0.3, -0.25) is 0 Å². The zero-order chi connectivity index (χ0) is 12.8. The molecule has 3 heteroatoms. The van der Waals surface area contributed by atoms with Gasteiger partial charge < -0.3 is 15.4 Å². The molecule has 0 spiro atoms. The molecule has 0 aliphatic rings. The minimum atomic E-state index is 0.272. The van der Waals surface area contributed by atoms with Crippen molar-refractivity contribution < 1.29 is 4.74 Å². The van der Waals surface area contributed by atoms with Crippen LogP contribution >= 0.6 is 0 Å². The predicted molar refractivity (Wildman–Crippen MR) is 72.8 cm³/mol. The Kier molecular flexibility index (Phi) is 5.45. The first-order chi connectivity index (χ1) is 8.13. The molecule has 0 amide bonds. The summed E-state index contributed by atoms with van der Waals surface area (Å²) in [6, 6.07) is 6.71. The van der Waals surface area contributed by atoms with Crippen LogP contribution < -0.4 is 15.4 Å². The maximum atomic E-state index is 5.44. The van der Waals surface area contributed by atoms with Crippen molar-refractivity contribution in [3.05, 3.63) is 29.3 Å². The fourth-order valence-electron chi connectivity index (χ4n) is 1.96. The third-order valence-corrected chi connectivity index (χ3v) is 3.05. The van der Waals surface area contributed by atoms with Crippen molar-refractivity contribution in [3.63, 3.8) is 0 Å². The van der Waals surface area contributed by atoms with Gasteiger partial charge in [0, 0.05) is 18.2 Å². The number of nitrogens with one attached hydrogen (secondary N) is 2. The molecule has 1 unspecified atom stereocenters. The van der Waals surface area contributed by atoms with Gasteiger partial charge in [-0.1, -0.05) is 26.0 Å². The molecule has 0 saturated carbocycles. The molecular formula is C14H24N2O. The molecule has 3 nitrogen and oxygen atoms in total. The summed E-state index contributed by atoms with van der Waals surface area (Å²) in [7, 11) is 5.66. The van der Waals surface area contributed by atoms with E-state index in [0.717, 1.165) is 12.3 Å². The Labute approximate surface area is 105 Å². The van der Waals surface area contributed by atoms with E-state index in [0.29, 0.717) is 5.92 Å². The molecule has 1 aromatic rings. The summed E-state index contributed by atoms with van der Waals surface area (Å²) in [6.07, 6.45) is 0. The largest absolute Gasteiger partial charge is 0.496 e. The van der Waals surface area contributed by atoms with Crippen LogP contribution in [0.4, 0.5) is 0 Å². The summed E-state index contributed by atoms with van der Waals surface area (Å²) >= 11 is 0. The third kappa shape index (κ3) is 3.45. The third-order valence-electron chi connectivity index (χ3n) is 3.05. The van der Waals surface area contributed by atoms with Crippen molar-refractivity contribution in [2.75, 3.05) is 27.7 Å². The Hall–Kier alpha value is -1.06. The van der Waals surface area contributed by atoms with E-state index < -0.39 is 0 Å². The van der Waals surface area contributed by atoms with E-state index >= 15 is 0 Å². The highest BCUT2D eigenvalue weighted by Gasteiger charge is 2.15. The highest BCUT2D eigenvalue weighted by molar-refractivity contribution is 5.40. The zero-order valence-corrected chi connectivity index (χ0v) is 11.5. The quantitative estimate of drug-likeness (QED) is 0.795. The predicted octanol–water partition coefficient (Wildman–Crippen LogP) is 2.30. The van der Waals surface area contributed by atoms with Crippen LogP contribution in [0.15, 0.2) is 18.2 Å². The molecule has 0 heterocycles. The lowest BCUT2D eigenvalue weighted by atomic mass is 9.96. The first-order valence-corrected chi connectivity index (χ1v) is 6.13. The molecule has 0 fully saturated rings. The van der Waals surface area contributed by atoms with Gasteiger partial charge in [0.05, 0.1) is 7.11 Å². The zero-order valence-electron chi connectivity index (χ0n) is 11.5. The van der Waals surface area contributed by atoms with E-state index in [2.05, 4.69) is 42.7 Å². The van der Waals surface area contributed by atoms with E-state index in [1.807, 2.05) is 14.1 Å². The highest BCUT2D eigenvalue weighted by Crippen LogP contribution is 2.28. The van der Waals surface area contributed by atoms with Crippen molar-refractivity contribution in [2.45, 2.75) is 25.8 Å². The van der Waals surface area contributed by atoms with E-state index in [1.165, 1.54) is 11.1 Å². The number of benzene rings is 1. The molecule has 2 N–H and O–H groups in total. The molecule has 1 atom stereocenters. The lowest BCUT2D eigenvalue weighted by molar-refractivity contribution is 0.400. The van der Waals surface area contributed by atoms with E-state index in [1.54, 1.807) is 7.11 Å².